The molecule has 2 heterocycles. The summed E-state index contributed by atoms with van der Waals surface area (Å²) >= 11 is 0. The molecule has 0 saturated heterocycles. The second-order valence-corrected chi connectivity index (χ2v) is 18.2. The van der Waals surface area contributed by atoms with E-state index in [9.17, 15) is 10.5 Å². The van der Waals surface area contributed by atoms with Crippen LogP contribution in [0.5, 0.6) is 0 Å². The maximum absolute atomic E-state index is 17.0. The Morgan fingerprint density at radius 3 is 1.09 bits per heavy atom. The number of halogens is 5. The predicted molar refractivity (Wildman–Crippen MR) is 289 cm³/mol. The lowest BCUT2D eigenvalue weighted by molar-refractivity contribution is -0.137. The molecule has 0 N–H and O–H groups in total. The number of benzene rings is 10. The molecular weight excluding hydrogens is 960 g/mol. The molecule has 6 nitrogen and oxygen atoms in total. The number of nitriles is 2. The van der Waals surface area contributed by atoms with E-state index in [-0.39, 0.29) is 5.56 Å². The lowest BCUT2D eigenvalue weighted by Crippen LogP contribution is -2.16. The number of rotatable bonds is 7. The Morgan fingerprint density at radius 1 is 0.395 bits per heavy atom. The van der Waals surface area contributed by atoms with Crippen molar-refractivity contribution in [2.75, 3.05) is 0 Å². The summed E-state index contributed by atoms with van der Waals surface area (Å²) < 4.78 is 86.5. The molecule has 11 heteroatoms. The van der Waals surface area contributed by atoms with Crippen LogP contribution in [0.2, 0.25) is 0 Å². The molecule has 0 amide bonds. The Hall–Kier alpha value is -10.6. The summed E-state index contributed by atoms with van der Waals surface area (Å²) in [5.41, 5.74) is 4.98. The van der Waals surface area contributed by atoms with Gasteiger partial charge in [0.25, 0.3) is 0 Å². The molecule has 76 heavy (non-hydrogen) atoms. The van der Waals surface area contributed by atoms with Gasteiger partial charge in [0.15, 0.2) is 11.4 Å². The number of hydrogen-bond acceptors (Lipinski definition) is 2. The Labute approximate surface area is 431 Å². The average molecular weight is 993 g/mol. The highest BCUT2D eigenvalue weighted by atomic mass is 19.4. The van der Waals surface area contributed by atoms with Crippen molar-refractivity contribution in [1.82, 2.24) is 9.13 Å². The maximum atomic E-state index is 17.0. The van der Waals surface area contributed by atoms with Gasteiger partial charge in [0.1, 0.15) is 17.2 Å². The van der Waals surface area contributed by atoms with E-state index in [4.69, 9.17) is 13.1 Å². The van der Waals surface area contributed by atoms with E-state index >= 15 is 22.0 Å². The maximum Gasteiger partial charge on any atom is 0.420 e. The molecule has 0 spiro atoms. The standard InChI is InChI=1S/C65H33F5N6/c1-73-55-20-9-7-16-47(55)40-24-28-59-51(32-40)49-30-38(45-14-5-3-12-42(45)36-71)22-26-57(49)75(59)61-34-44(63-53(66)18-11-19-54(63)67)35-62(64(61)65(68,69)70)76-58-27-23-39(46-15-6-4-13-43(46)37-72)31-50(58)52-33-41(25-29-60(52)76)48-17-8-10-21-56(48)74-2/h3-35H. The van der Waals surface area contributed by atoms with Crippen molar-refractivity contribution in [3.05, 3.63) is 251 Å². The van der Waals surface area contributed by atoms with E-state index in [1.165, 1.54) is 27.3 Å². The first-order chi connectivity index (χ1) is 37.0. The van der Waals surface area contributed by atoms with Crippen molar-refractivity contribution in [3.8, 4) is 79.1 Å². The van der Waals surface area contributed by atoms with Crippen molar-refractivity contribution in [2.24, 2.45) is 0 Å². The fourth-order valence-electron chi connectivity index (χ4n) is 10.7. The fraction of sp³-hybridized carbons (Fsp3) is 0.0154. The van der Waals surface area contributed by atoms with Gasteiger partial charge in [-0.15, -0.1) is 0 Å². The van der Waals surface area contributed by atoms with Gasteiger partial charge in [0.05, 0.1) is 75.4 Å². The molecule has 0 bridgehead atoms. The third-order valence-corrected chi connectivity index (χ3v) is 14.0. The summed E-state index contributed by atoms with van der Waals surface area (Å²) in [5.74, 6) is -1.98. The first-order valence-electron chi connectivity index (χ1n) is 23.8. The molecule has 358 valence electrons. The van der Waals surface area contributed by atoms with Gasteiger partial charge in [-0.25, -0.2) is 18.5 Å². The van der Waals surface area contributed by atoms with Gasteiger partial charge in [-0.2, -0.15) is 23.7 Å². The van der Waals surface area contributed by atoms with Gasteiger partial charge in [-0.3, -0.25) is 0 Å². The van der Waals surface area contributed by atoms with E-state index in [0.29, 0.717) is 111 Å². The van der Waals surface area contributed by atoms with E-state index in [0.717, 1.165) is 12.1 Å². The van der Waals surface area contributed by atoms with Crippen molar-refractivity contribution in [3.63, 3.8) is 0 Å². The van der Waals surface area contributed by atoms with Crippen LogP contribution in [0.4, 0.5) is 33.3 Å². The molecule has 0 aliphatic heterocycles. The van der Waals surface area contributed by atoms with Crippen LogP contribution in [-0.2, 0) is 6.18 Å². The van der Waals surface area contributed by atoms with Crippen LogP contribution in [0.3, 0.4) is 0 Å². The lowest BCUT2D eigenvalue weighted by atomic mass is 9.97. The highest BCUT2D eigenvalue weighted by Crippen LogP contribution is 2.49. The van der Waals surface area contributed by atoms with Crippen molar-refractivity contribution >= 4 is 55.0 Å². The Bertz CT molecular complexity index is 4100. The van der Waals surface area contributed by atoms with E-state index < -0.39 is 40.3 Å². The number of aromatic nitrogens is 2. The van der Waals surface area contributed by atoms with Crippen molar-refractivity contribution in [1.29, 1.82) is 10.5 Å². The summed E-state index contributed by atoms with van der Waals surface area (Å²) in [5, 5.41) is 22.3. The Kier molecular flexibility index (Phi) is 11.1. The second-order valence-electron chi connectivity index (χ2n) is 18.2. The van der Waals surface area contributed by atoms with Crippen LogP contribution >= 0.6 is 0 Å². The zero-order valence-corrected chi connectivity index (χ0v) is 39.6. The molecule has 0 atom stereocenters. The number of fused-ring (bicyclic) bond motifs is 6. The van der Waals surface area contributed by atoms with Gasteiger partial charge in [0.2, 0.25) is 0 Å². The van der Waals surface area contributed by atoms with Crippen molar-refractivity contribution in [2.45, 2.75) is 6.18 Å². The zero-order valence-electron chi connectivity index (χ0n) is 39.6. The Morgan fingerprint density at radius 2 is 0.737 bits per heavy atom. The van der Waals surface area contributed by atoms with Crippen LogP contribution in [0.25, 0.3) is 120 Å². The first kappa shape index (κ1) is 46.5. The molecule has 10 aromatic carbocycles. The van der Waals surface area contributed by atoms with Gasteiger partial charge in [-0.1, -0.05) is 115 Å². The molecule has 12 rings (SSSR count). The molecule has 0 saturated carbocycles. The summed E-state index contributed by atoms with van der Waals surface area (Å²) in [6.07, 6.45) is -5.14. The largest absolute Gasteiger partial charge is 0.420 e. The van der Waals surface area contributed by atoms with Gasteiger partial charge in [0, 0.05) is 21.5 Å². The Balaban J connectivity index is 1.23. The average Bonchev–Trinajstić information content (AvgIpc) is 3.95. The highest BCUT2D eigenvalue weighted by molar-refractivity contribution is 6.14. The molecule has 0 aliphatic carbocycles. The predicted octanol–water partition coefficient (Wildman–Crippen LogP) is 18.4. The molecule has 0 fully saturated rings. The summed E-state index contributed by atoms with van der Waals surface area (Å²) in [6, 6.07) is 59.2. The minimum absolute atomic E-state index is 0.178. The zero-order chi connectivity index (χ0) is 52.4. The molecule has 0 unspecified atom stereocenters. The smallest absolute Gasteiger partial charge is 0.309 e. The molecule has 12 aromatic rings. The molecular formula is C65H33F5N6. The van der Waals surface area contributed by atoms with E-state index in [2.05, 4.69) is 21.8 Å². The van der Waals surface area contributed by atoms with Crippen LogP contribution in [0.15, 0.2) is 200 Å². The van der Waals surface area contributed by atoms with Crippen LogP contribution in [-0.4, -0.2) is 9.13 Å². The third-order valence-electron chi connectivity index (χ3n) is 14.0. The van der Waals surface area contributed by atoms with E-state index in [1.54, 1.807) is 146 Å². The second kappa shape index (κ2) is 18.2. The summed E-state index contributed by atoms with van der Waals surface area (Å²) in [4.78, 5) is 7.48. The monoisotopic (exact) mass is 992 g/mol. The van der Waals surface area contributed by atoms with E-state index in [1.807, 2.05) is 24.3 Å². The van der Waals surface area contributed by atoms with Gasteiger partial charge in [-0.05, 0) is 135 Å². The first-order valence-corrected chi connectivity index (χ1v) is 23.8. The number of para-hydroxylation sites is 2. The topological polar surface area (TPSA) is 66.2 Å². The molecule has 2 aromatic heterocycles. The normalized spacial score (nSPS) is 11.4. The summed E-state index contributed by atoms with van der Waals surface area (Å²) in [6.45, 7) is 15.9. The highest BCUT2D eigenvalue weighted by Gasteiger charge is 2.40. The van der Waals surface area contributed by atoms with Crippen LogP contribution in [0, 0.1) is 47.4 Å². The molecule has 0 radical (unpaired) electrons. The quantitative estimate of drug-likeness (QED) is 0.118. The van der Waals surface area contributed by atoms with Crippen molar-refractivity contribution < 1.29 is 22.0 Å². The summed E-state index contributed by atoms with van der Waals surface area (Å²) in [7, 11) is 0. The number of nitrogens with zero attached hydrogens (tertiary/aromatic N) is 6. The van der Waals surface area contributed by atoms with Crippen LogP contribution < -0.4 is 0 Å². The third kappa shape index (κ3) is 7.50. The fourth-order valence-corrected chi connectivity index (χ4v) is 10.7. The SMILES string of the molecule is [C-]#[N+]c1ccccc1-c1ccc2c(c1)c1cc(-c3ccccc3C#N)ccc1n2-c1cc(-c2c(F)cccc2F)cc(-n2c3ccc(-c4ccccc4C#N)cc3c3cc(-c4ccccc4[N+]#[C-])ccc32)c1C(F)(F)F. The van der Waals surface area contributed by atoms with Gasteiger partial charge < -0.3 is 9.13 Å². The van der Waals surface area contributed by atoms with Crippen LogP contribution in [0.1, 0.15) is 16.7 Å². The minimum atomic E-state index is -5.14. The van der Waals surface area contributed by atoms with Gasteiger partial charge >= 0.3 is 6.18 Å². The number of alkyl halides is 3. The number of hydrogen-bond donors (Lipinski definition) is 0. The minimum Gasteiger partial charge on any atom is -0.309 e. The lowest BCUT2D eigenvalue weighted by Gasteiger charge is -2.23. The molecule has 0 aliphatic rings.